The molecule has 1 saturated carbocycles. The lowest BCUT2D eigenvalue weighted by Crippen LogP contribution is -2.44. The largest absolute Gasteiger partial charge is 0.477 e. The number of ether oxygens (including phenoxy) is 1. The van der Waals surface area contributed by atoms with Crippen LogP contribution in [0.2, 0.25) is 0 Å². The van der Waals surface area contributed by atoms with E-state index >= 15 is 0 Å². The highest BCUT2D eigenvalue weighted by atomic mass is 32.1. The molecule has 208 valence electrons. The molecule has 1 amide bonds. The van der Waals surface area contributed by atoms with Gasteiger partial charge in [-0.2, -0.15) is 0 Å². The average molecular weight is 558 g/mol. The van der Waals surface area contributed by atoms with Crippen molar-refractivity contribution in [2.75, 3.05) is 29.9 Å². The third kappa shape index (κ3) is 5.95. The summed E-state index contributed by atoms with van der Waals surface area (Å²) in [5.74, 6) is 1.55. The van der Waals surface area contributed by atoms with Gasteiger partial charge in [-0.1, -0.05) is 6.07 Å². The quantitative estimate of drug-likeness (QED) is 0.276. The molecule has 9 nitrogen and oxygen atoms in total. The number of hydrogen-bond donors (Lipinski definition) is 3. The van der Waals surface area contributed by atoms with Crippen molar-refractivity contribution in [3.8, 4) is 11.7 Å². The number of carbonyl (C=O) groups excluding carboxylic acids is 1. The molecule has 1 unspecified atom stereocenters. The first kappa shape index (κ1) is 27.2. The second-order valence-corrected chi connectivity index (χ2v) is 11.0. The zero-order valence-electron chi connectivity index (χ0n) is 21.8. The SMILES string of the molecule is CC1(CCNc2cccc(S)n2)CCCN1c1nc(-n2ccc(OCCC3(C(F)F)CC3)n2)ccc1C(N)=O. The molecular formula is C27H33F2N7O2S. The number of alkyl halides is 2. The summed E-state index contributed by atoms with van der Waals surface area (Å²) in [6.45, 7) is 3.75. The van der Waals surface area contributed by atoms with Crippen LogP contribution < -0.4 is 20.7 Å². The first-order valence-corrected chi connectivity index (χ1v) is 13.6. The molecule has 3 N–H and O–H groups in total. The van der Waals surface area contributed by atoms with Crippen molar-refractivity contribution in [3.05, 3.63) is 48.2 Å². The van der Waals surface area contributed by atoms with Crippen molar-refractivity contribution in [1.82, 2.24) is 19.7 Å². The Morgan fingerprint density at radius 1 is 1.18 bits per heavy atom. The summed E-state index contributed by atoms with van der Waals surface area (Å²) in [6.07, 6.45) is 3.40. The van der Waals surface area contributed by atoms with E-state index in [1.54, 1.807) is 29.1 Å². The number of halogens is 2. The van der Waals surface area contributed by atoms with Crippen LogP contribution in [0.5, 0.6) is 5.88 Å². The van der Waals surface area contributed by atoms with Gasteiger partial charge < -0.3 is 20.7 Å². The third-order valence-electron chi connectivity index (χ3n) is 7.84. The molecule has 1 atom stereocenters. The first-order chi connectivity index (χ1) is 18.7. The topological polar surface area (TPSA) is 111 Å². The Morgan fingerprint density at radius 3 is 2.72 bits per heavy atom. The molecule has 1 aliphatic heterocycles. The van der Waals surface area contributed by atoms with Crippen LogP contribution in [0.3, 0.4) is 0 Å². The molecule has 4 heterocycles. The van der Waals surface area contributed by atoms with E-state index in [2.05, 4.69) is 39.9 Å². The molecule has 0 bridgehead atoms. The molecule has 39 heavy (non-hydrogen) atoms. The molecule has 5 rings (SSSR count). The Morgan fingerprint density at radius 2 is 2.00 bits per heavy atom. The van der Waals surface area contributed by atoms with E-state index in [1.165, 1.54) is 0 Å². The van der Waals surface area contributed by atoms with Crippen LogP contribution >= 0.6 is 12.6 Å². The highest BCUT2D eigenvalue weighted by molar-refractivity contribution is 7.80. The summed E-state index contributed by atoms with van der Waals surface area (Å²) < 4.78 is 33.5. The van der Waals surface area contributed by atoms with Crippen molar-refractivity contribution in [2.45, 2.75) is 62.4 Å². The molecular weight excluding hydrogens is 524 g/mol. The number of amides is 1. The highest BCUT2D eigenvalue weighted by Crippen LogP contribution is 2.53. The fraction of sp³-hybridized carbons (Fsp3) is 0.481. The molecule has 0 radical (unpaired) electrons. The lowest BCUT2D eigenvalue weighted by atomic mass is 9.94. The Balaban J connectivity index is 1.30. The fourth-order valence-electron chi connectivity index (χ4n) is 5.20. The number of anilines is 2. The van der Waals surface area contributed by atoms with Crippen LogP contribution in [0, 0.1) is 5.41 Å². The van der Waals surface area contributed by atoms with Gasteiger partial charge in [-0.3, -0.25) is 4.79 Å². The smallest absolute Gasteiger partial charge is 0.252 e. The van der Waals surface area contributed by atoms with Gasteiger partial charge in [0.1, 0.15) is 11.6 Å². The van der Waals surface area contributed by atoms with E-state index in [0.717, 1.165) is 31.6 Å². The van der Waals surface area contributed by atoms with Crippen molar-refractivity contribution >= 4 is 30.2 Å². The summed E-state index contributed by atoms with van der Waals surface area (Å²) in [4.78, 5) is 23.7. The van der Waals surface area contributed by atoms with Gasteiger partial charge in [-0.15, -0.1) is 17.7 Å². The fourth-order valence-corrected chi connectivity index (χ4v) is 5.39. The minimum Gasteiger partial charge on any atom is -0.477 e. The number of carbonyl (C=O) groups is 1. The zero-order chi connectivity index (χ0) is 27.6. The number of primary amides is 1. The predicted molar refractivity (Wildman–Crippen MR) is 147 cm³/mol. The van der Waals surface area contributed by atoms with Crippen molar-refractivity contribution in [1.29, 1.82) is 0 Å². The Labute approximate surface area is 231 Å². The minimum atomic E-state index is -2.33. The Bertz CT molecular complexity index is 1330. The van der Waals surface area contributed by atoms with E-state index < -0.39 is 17.7 Å². The van der Waals surface area contributed by atoms with E-state index in [4.69, 9.17) is 15.5 Å². The highest BCUT2D eigenvalue weighted by Gasteiger charge is 2.50. The zero-order valence-corrected chi connectivity index (χ0v) is 22.7. The summed E-state index contributed by atoms with van der Waals surface area (Å²) in [7, 11) is 0. The summed E-state index contributed by atoms with van der Waals surface area (Å²) in [5.41, 5.74) is 4.93. The van der Waals surface area contributed by atoms with Crippen LogP contribution in [-0.2, 0) is 0 Å². The summed E-state index contributed by atoms with van der Waals surface area (Å²) in [6, 6.07) is 10.6. The normalized spacial score (nSPS) is 19.9. The van der Waals surface area contributed by atoms with Gasteiger partial charge >= 0.3 is 0 Å². The number of nitrogens with one attached hydrogen (secondary N) is 1. The van der Waals surface area contributed by atoms with Crippen LogP contribution in [0.4, 0.5) is 20.4 Å². The van der Waals surface area contributed by atoms with Gasteiger partial charge in [0.15, 0.2) is 5.82 Å². The van der Waals surface area contributed by atoms with E-state index in [1.807, 2.05) is 18.2 Å². The van der Waals surface area contributed by atoms with Gasteiger partial charge in [0, 0.05) is 36.3 Å². The second kappa shape index (κ2) is 11.0. The molecule has 0 aromatic carbocycles. The van der Waals surface area contributed by atoms with Gasteiger partial charge in [-0.25, -0.2) is 23.4 Å². The van der Waals surface area contributed by atoms with Gasteiger partial charge in [0.2, 0.25) is 12.3 Å². The molecule has 2 aliphatic rings. The summed E-state index contributed by atoms with van der Waals surface area (Å²) >= 11 is 4.30. The van der Waals surface area contributed by atoms with Crippen molar-refractivity contribution in [2.24, 2.45) is 11.1 Å². The molecule has 12 heteroatoms. The Kier molecular flexibility index (Phi) is 7.66. The maximum absolute atomic E-state index is 13.2. The number of rotatable bonds is 12. The lowest BCUT2D eigenvalue weighted by Gasteiger charge is -2.37. The molecule has 1 saturated heterocycles. The van der Waals surface area contributed by atoms with Gasteiger partial charge in [0.25, 0.3) is 5.91 Å². The maximum atomic E-state index is 13.2. The van der Waals surface area contributed by atoms with Gasteiger partial charge in [0.05, 0.1) is 17.2 Å². The molecule has 0 spiro atoms. The molecule has 3 aromatic rings. The number of nitrogens with zero attached hydrogens (tertiary/aromatic N) is 5. The molecule has 1 aliphatic carbocycles. The minimum absolute atomic E-state index is 0.175. The second-order valence-electron chi connectivity index (χ2n) is 10.6. The maximum Gasteiger partial charge on any atom is 0.252 e. The van der Waals surface area contributed by atoms with Crippen LogP contribution in [0.25, 0.3) is 5.82 Å². The standard InChI is InChI=1S/C27H33F2N7O2S/c1-26(12-14-31-19-4-2-5-22(39)32-19)9-3-15-35(26)24-18(23(30)37)6-7-20(33-24)36-16-8-21(34-36)38-17-13-27(10-11-27)25(28)29/h2,4-8,16,25H,3,9-15,17H2,1H3,(H2,30,37)(H2,31,32,39). The molecule has 2 fully saturated rings. The Hall–Kier alpha value is -3.41. The number of pyridine rings is 2. The van der Waals surface area contributed by atoms with Crippen LogP contribution in [0.15, 0.2) is 47.6 Å². The number of thiol groups is 1. The first-order valence-electron chi connectivity index (χ1n) is 13.1. The predicted octanol–water partition coefficient (Wildman–Crippen LogP) is 4.73. The van der Waals surface area contributed by atoms with E-state index in [9.17, 15) is 13.6 Å². The van der Waals surface area contributed by atoms with E-state index in [0.29, 0.717) is 53.9 Å². The van der Waals surface area contributed by atoms with E-state index in [-0.39, 0.29) is 12.1 Å². The summed E-state index contributed by atoms with van der Waals surface area (Å²) in [5, 5.41) is 8.42. The third-order valence-corrected chi connectivity index (χ3v) is 8.09. The van der Waals surface area contributed by atoms with Crippen molar-refractivity contribution in [3.63, 3.8) is 0 Å². The number of nitrogens with two attached hydrogens (primary N) is 1. The van der Waals surface area contributed by atoms with Crippen molar-refractivity contribution < 1.29 is 18.3 Å². The lowest BCUT2D eigenvalue weighted by molar-refractivity contribution is 0.0474. The number of hydrogen-bond acceptors (Lipinski definition) is 8. The molecule has 3 aromatic heterocycles. The van der Waals surface area contributed by atoms with Crippen LogP contribution in [-0.4, -0.2) is 57.3 Å². The van der Waals surface area contributed by atoms with Gasteiger partial charge in [-0.05, 0) is 69.7 Å². The number of aromatic nitrogens is 4. The van der Waals surface area contributed by atoms with Crippen LogP contribution in [0.1, 0.15) is 55.8 Å². The monoisotopic (exact) mass is 557 g/mol. The average Bonchev–Trinajstić information content (AvgIpc) is 3.38.